The lowest BCUT2D eigenvalue weighted by atomic mass is 10.3. The minimum absolute atomic E-state index is 0.782. The minimum atomic E-state index is 0.782. The third-order valence-electron chi connectivity index (χ3n) is 1.33. The van der Waals surface area contributed by atoms with Gasteiger partial charge >= 0.3 is 6.41 Å². The first-order valence-electron chi connectivity index (χ1n) is 3.29. The third-order valence-corrected chi connectivity index (χ3v) is 1.33. The highest BCUT2D eigenvalue weighted by atomic mass is 16.1. The zero-order valence-electron chi connectivity index (χ0n) is 6.24. The molecule has 0 unspecified atom stereocenters. The van der Waals surface area contributed by atoms with Gasteiger partial charge < -0.3 is 0 Å². The van der Waals surface area contributed by atoms with Gasteiger partial charge in [0.1, 0.15) is 0 Å². The largest absolute Gasteiger partial charge is 0.332 e. The monoisotopic (exact) mass is 149 g/mol. The number of carbonyl (C=O) groups excluding carboxylic acids is 1. The first-order valence-corrected chi connectivity index (χ1v) is 3.29. The average Bonchev–Trinajstić information content (AvgIpc) is 2.09. The van der Waals surface area contributed by atoms with Crippen LogP contribution in [0.1, 0.15) is 0 Å². The summed E-state index contributed by atoms with van der Waals surface area (Å²) in [7, 11) is 1.66. The summed E-state index contributed by atoms with van der Waals surface area (Å²) in [6, 6.07) is 9.25. The first-order chi connectivity index (χ1) is 5.38. The lowest BCUT2D eigenvalue weighted by Crippen LogP contribution is -2.33. The van der Waals surface area contributed by atoms with Crippen molar-refractivity contribution in [1.29, 1.82) is 0 Å². The van der Waals surface area contributed by atoms with Crippen molar-refractivity contribution in [3.8, 4) is 0 Å². The van der Waals surface area contributed by atoms with Crippen LogP contribution in [0.15, 0.2) is 30.3 Å². The summed E-state index contributed by atoms with van der Waals surface area (Å²) >= 11 is 0. The summed E-state index contributed by atoms with van der Waals surface area (Å²) in [6.45, 7) is 0. The number of nitrogens with zero attached hydrogens (tertiary/aromatic N) is 1. The highest BCUT2D eigenvalue weighted by molar-refractivity contribution is 5.73. The Hall–Kier alpha value is -1.35. The summed E-state index contributed by atoms with van der Waals surface area (Å²) in [4.78, 5) is 10.3. The molecular weight excluding hydrogens is 140 g/mol. The highest BCUT2D eigenvalue weighted by Gasteiger charge is 1.99. The Morgan fingerprint density at radius 2 is 2.00 bits per heavy atom. The quantitative estimate of drug-likeness (QED) is 0.506. The summed E-state index contributed by atoms with van der Waals surface area (Å²) in [6.07, 6.45) is 1.74. The van der Waals surface area contributed by atoms with Crippen LogP contribution in [0.25, 0.3) is 0 Å². The molecule has 0 aliphatic heterocycles. The predicted molar refractivity (Wildman–Crippen MR) is 43.7 cm³/mol. The molecule has 1 aromatic rings. The second-order valence-electron chi connectivity index (χ2n) is 1.99. The lowest BCUT2D eigenvalue weighted by Gasteiger charge is -2.13. The molecule has 0 aliphatic carbocycles. The van der Waals surface area contributed by atoms with Crippen LogP contribution in [0, 0.1) is 0 Å². The van der Waals surface area contributed by atoms with Crippen LogP contribution in [0.5, 0.6) is 0 Å². The van der Waals surface area contributed by atoms with Gasteiger partial charge in [0.05, 0.1) is 5.69 Å². The van der Waals surface area contributed by atoms with Crippen molar-refractivity contribution in [3.05, 3.63) is 30.3 Å². The number of para-hydroxylation sites is 1. The SMILES string of the molecule is CNN([C]=O)c1ccccc1. The molecule has 1 rings (SSSR count). The Kier molecular flexibility index (Phi) is 2.63. The fraction of sp³-hybridized carbons (Fsp3) is 0.125. The molecule has 0 saturated heterocycles. The van der Waals surface area contributed by atoms with E-state index >= 15 is 0 Å². The van der Waals surface area contributed by atoms with Gasteiger partial charge in [-0.05, 0) is 12.1 Å². The standard InChI is InChI=1S/C8H9N2O/c1-9-10(7-11)8-5-3-2-4-6-8/h2-6,9H,1H3. The van der Waals surface area contributed by atoms with Crippen LogP contribution in [0.2, 0.25) is 0 Å². The molecule has 3 heteroatoms. The molecule has 11 heavy (non-hydrogen) atoms. The van der Waals surface area contributed by atoms with Crippen LogP contribution in [-0.4, -0.2) is 13.5 Å². The summed E-state index contributed by atoms with van der Waals surface area (Å²) in [5.41, 5.74) is 3.46. The van der Waals surface area contributed by atoms with Gasteiger partial charge in [-0.2, -0.15) is 0 Å². The molecule has 0 aliphatic rings. The van der Waals surface area contributed by atoms with E-state index in [2.05, 4.69) is 5.43 Å². The van der Waals surface area contributed by atoms with Crippen LogP contribution in [0.4, 0.5) is 5.69 Å². The maximum Gasteiger partial charge on any atom is 0.332 e. The maximum absolute atomic E-state index is 10.3. The van der Waals surface area contributed by atoms with Crippen molar-refractivity contribution < 1.29 is 4.79 Å². The van der Waals surface area contributed by atoms with Gasteiger partial charge in [-0.15, -0.1) is 0 Å². The van der Waals surface area contributed by atoms with E-state index in [0.717, 1.165) is 5.69 Å². The smallest absolute Gasteiger partial charge is 0.261 e. The van der Waals surface area contributed by atoms with Crippen molar-refractivity contribution in [1.82, 2.24) is 5.43 Å². The van der Waals surface area contributed by atoms with E-state index in [-0.39, 0.29) is 0 Å². The number of rotatable bonds is 3. The molecule has 0 saturated carbocycles. The van der Waals surface area contributed by atoms with Crippen molar-refractivity contribution >= 4 is 12.1 Å². The molecule has 1 radical (unpaired) electrons. The number of nitrogens with one attached hydrogen (secondary N) is 1. The molecule has 1 aromatic carbocycles. The molecule has 3 nitrogen and oxygen atoms in total. The molecule has 1 N–H and O–H groups in total. The Morgan fingerprint density at radius 1 is 1.36 bits per heavy atom. The molecular formula is C8H9N2O. The molecule has 0 bridgehead atoms. The molecule has 0 atom stereocenters. The van der Waals surface area contributed by atoms with Crippen molar-refractivity contribution in [2.75, 3.05) is 12.1 Å². The Balaban J connectivity index is 2.82. The second kappa shape index (κ2) is 3.73. The first kappa shape index (κ1) is 7.75. The number of hydrogen-bond donors (Lipinski definition) is 1. The van der Waals surface area contributed by atoms with E-state index in [9.17, 15) is 4.79 Å². The van der Waals surface area contributed by atoms with E-state index in [1.165, 1.54) is 5.01 Å². The Bertz CT molecular complexity index is 223. The van der Waals surface area contributed by atoms with Gasteiger partial charge in [-0.25, -0.2) is 10.4 Å². The van der Waals surface area contributed by atoms with Gasteiger partial charge in [0, 0.05) is 7.05 Å². The van der Waals surface area contributed by atoms with E-state index in [0.29, 0.717) is 0 Å². The van der Waals surface area contributed by atoms with E-state index in [1.807, 2.05) is 30.3 Å². The molecule has 57 valence electrons. The lowest BCUT2D eigenvalue weighted by molar-refractivity contribution is 0.546. The average molecular weight is 149 g/mol. The van der Waals surface area contributed by atoms with E-state index in [1.54, 1.807) is 13.5 Å². The molecule has 0 fully saturated rings. The fourth-order valence-corrected chi connectivity index (χ4v) is 0.805. The van der Waals surface area contributed by atoms with Crippen LogP contribution in [0.3, 0.4) is 0 Å². The highest BCUT2D eigenvalue weighted by Crippen LogP contribution is 2.07. The fourth-order valence-electron chi connectivity index (χ4n) is 0.805. The van der Waals surface area contributed by atoms with Gasteiger partial charge in [0.15, 0.2) is 0 Å². The van der Waals surface area contributed by atoms with Crippen LogP contribution in [-0.2, 0) is 4.79 Å². The Morgan fingerprint density at radius 3 is 2.45 bits per heavy atom. The minimum Gasteiger partial charge on any atom is -0.261 e. The number of anilines is 1. The maximum atomic E-state index is 10.3. The zero-order valence-corrected chi connectivity index (χ0v) is 6.24. The van der Waals surface area contributed by atoms with Gasteiger partial charge in [-0.3, -0.25) is 4.79 Å². The molecule has 1 amide bonds. The summed E-state index contributed by atoms with van der Waals surface area (Å²) < 4.78 is 0. The van der Waals surface area contributed by atoms with Gasteiger partial charge in [0.2, 0.25) is 0 Å². The number of hydrazine groups is 1. The van der Waals surface area contributed by atoms with Crippen LogP contribution >= 0.6 is 0 Å². The van der Waals surface area contributed by atoms with Crippen molar-refractivity contribution in [3.63, 3.8) is 0 Å². The summed E-state index contributed by atoms with van der Waals surface area (Å²) in [5.74, 6) is 0. The molecule has 0 heterocycles. The van der Waals surface area contributed by atoms with Crippen LogP contribution < -0.4 is 10.4 Å². The third kappa shape index (κ3) is 1.78. The van der Waals surface area contributed by atoms with Gasteiger partial charge in [-0.1, -0.05) is 18.2 Å². The topological polar surface area (TPSA) is 32.3 Å². The van der Waals surface area contributed by atoms with E-state index in [4.69, 9.17) is 0 Å². The number of benzene rings is 1. The number of amides is 1. The number of hydrogen-bond acceptors (Lipinski definition) is 2. The second-order valence-corrected chi connectivity index (χ2v) is 1.99. The van der Waals surface area contributed by atoms with E-state index < -0.39 is 0 Å². The molecule has 0 spiro atoms. The zero-order chi connectivity index (χ0) is 8.10. The Labute approximate surface area is 65.6 Å². The van der Waals surface area contributed by atoms with Crippen molar-refractivity contribution in [2.45, 2.75) is 0 Å². The summed E-state index contributed by atoms with van der Waals surface area (Å²) in [5, 5.41) is 1.28. The predicted octanol–water partition coefficient (Wildman–Crippen LogP) is 0.695. The van der Waals surface area contributed by atoms with Gasteiger partial charge in [0.25, 0.3) is 0 Å². The normalized spacial score (nSPS) is 9.18. The van der Waals surface area contributed by atoms with Crippen molar-refractivity contribution in [2.24, 2.45) is 0 Å². The molecule has 0 aromatic heterocycles.